The molecule has 4 heteroatoms. The van der Waals surface area contributed by atoms with Crippen molar-refractivity contribution >= 4 is 17.8 Å². The van der Waals surface area contributed by atoms with Crippen LogP contribution in [0, 0.1) is 11.3 Å². The van der Waals surface area contributed by atoms with Crippen LogP contribution in [-0.2, 0) is 14.3 Å². The van der Waals surface area contributed by atoms with E-state index in [9.17, 15) is 9.59 Å². The molecule has 1 aliphatic heterocycles. The Labute approximate surface area is 161 Å². The fraction of sp³-hybridized carbons (Fsp3) is 0.391. The Hall–Kier alpha value is -2.62. The van der Waals surface area contributed by atoms with Crippen LogP contribution in [0.5, 0.6) is 0 Å². The van der Waals surface area contributed by atoms with E-state index in [1.54, 1.807) is 6.92 Å². The number of nitrogens with one attached hydrogen (secondary N) is 1. The molecule has 0 bridgehead atoms. The molecule has 1 aliphatic carbocycles. The molecule has 0 aromatic heterocycles. The van der Waals surface area contributed by atoms with Crippen LogP contribution < -0.4 is 5.32 Å². The highest BCUT2D eigenvalue weighted by Crippen LogP contribution is 2.43. The van der Waals surface area contributed by atoms with E-state index < -0.39 is 0 Å². The standard InChI is InChI=1S/C23H27NO3/c1-5-27-22(26)20-15(2)24-18-13-23(3,4)14-19(25)21(18)17(20)12-11-16-9-7-6-8-10-16/h6-12,17,24H,5,13-14H2,1-4H3/b12-11+. The predicted octanol–water partition coefficient (Wildman–Crippen LogP) is 4.40. The molecule has 1 unspecified atom stereocenters. The molecule has 1 atom stereocenters. The normalized spacial score (nSPS) is 21.9. The summed E-state index contributed by atoms with van der Waals surface area (Å²) in [6.45, 7) is 8.18. The summed E-state index contributed by atoms with van der Waals surface area (Å²) in [5.74, 6) is -0.649. The van der Waals surface area contributed by atoms with Gasteiger partial charge < -0.3 is 10.1 Å². The van der Waals surface area contributed by atoms with Crippen molar-refractivity contribution in [3.63, 3.8) is 0 Å². The van der Waals surface area contributed by atoms with Crippen LogP contribution in [0.3, 0.4) is 0 Å². The molecule has 1 aromatic rings. The van der Waals surface area contributed by atoms with E-state index >= 15 is 0 Å². The molecule has 1 N–H and O–H groups in total. The number of rotatable bonds is 4. The second kappa shape index (κ2) is 7.55. The SMILES string of the molecule is CCOC(=O)C1=C(C)NC2=C(C(=O)CC(C)(C)C2)C1/C=C/c1ccccc1. The van der Waals surface area contributed by atoms with Gasteiger partial charge in [-0.1, -0.05) is 56.3 Å². The number of esters is 1. The van der Waals surface area contributed by atoms with E-state index in [0.717, 1.165) is 23.4 Å². The molecule has 1 heterocycles. The molecular weight excluding hydrogens is 338 g/mol. The average Bonchev–Trinajstić information content (AvgIpc) is 2.59. The van der Waals surface area contributed by atoms with Crippen LogP contribution in [0.4, 0.5) is 0 Å². The third-order valence-corrected chi connectivity index (χ3v) is 5.06. The maximum atomic E-state index is 13.0. The lowest BCUT2D eigenvalue weighted by Gasteiger charge is -2.38. The Bertz CT molecular complexity index is 844. The van der Waals surface area contributed by atoms with Gasteiger partial charge in [-0.3, -0.25) is 4.79 Å². The number of ether oxygens (including phenoxy) is 1. The summed E-state index contributed by atoms with van der Waals surface area (Å²) >= 11 is 0. The molecule has 27 heavy (non-hydrogen) atoms. The van der Waals surface area contributed by atoms with Crippen LogP contribution in [0.15, 0.2) is 58.9 Å². The summed E-state index contributed by atoms with van der Waals surface area (Å²) in [7, 11) is 0. The third-order valence-electron chi connectivity index (χ3n) is 5.06. The van der Waals surface area contributed by atoms with Gasteiger partial charge in [0.25, 0.3) is 0 Å². The summed E-state index contributed by atoms with van der Waals surface area (Å²) in [6.07, 6.45) is 5.20. The lowest BCUT2D eigenvalue weighted by molar-refractivity contribution is -0.139. The number of hydrogen-bond donors (Lipinski definition) is 1. The fourth-order valence-electron chi connectivity index (χ4n) is 3.93. The highest BCUT2D eigenvalue weighted by Gasteiger charge is 2.41. The van der Waals surface area contributed by atoms with E-state index in [2.05, 4.69) is 19.2 Å². The van der Waals surface area contributed by atoms with E-state index in [4.69, 9.17) is 4.74 Å². The lowest BCUT2D eigenvalue weighted by atomic mass is 9.70. The van der Waals surface area contributed by atoms with Gasteiger partial charge in [0, 0.05) is 29.3 Å². The summed E-state index contributed by atoms with van der Waals surface area (Å²) in [5.41, 5.74) is 3.87. The minimum atomic E-state index is -0.385. The van der Waals surface area contributed by atoms with Gasteiger partial charge in [-0.05, 0) is 31.2 Å². The van der Waals surface area contributed by atoms with Crippen molar-refractivity contribution in [1.82, 2.24) is 5.32 Å². The topological polar surface area (TPSA) is 55.4 Å². The molecular formula is C23H27NO3. The van der Waals surface area contributed by atoms with Crippen LogP contribution in [0.2, 0.25) is 0 Å². The monoisotopic (exact) mass is 365 g/mol. The van der Waals surface area contributed by atoms with E-state index in [-0.39, 0.29) is 23.1 Å². The molecule has 0 radical (unpaired) electrons. The maximum absolute atomic E-state index is 13.0. The third kappa shape index (κ3) is 4.05. The highest BCUT2D eigenvalue weighted by molar-refractivity contribution is 6.03. The molecule has 4 nitrogen and oxygen atoms in total. The molecule has 0 amide bonds. The van der Waals surface area contributed by atoms with Gasteiger partial charge in [-0.25, -0.2) is 4.79 Å². The number of dihydropyridines is 1. The van der Waals surface area contributed by atoms with Crippen molar-refractivity contribution in [3.05, 3.63) is 64.5 Å². The Morgan fingerprint density at radius 3 is 2.63 bits per heavy atom. The summed E-state index contributed by atoms with van der Waals surface area (Å²) in [4.78, 5) is 25.6. The molecule has 0 saturated carbocycles. The largest absolute Gasteiger partial charge is 0.463 e. The molecule has 1 aromatic carbocycles. The first-order chi connectivity index (χ1) is 12.8. The number of carbonyl (C=O) groups is 2. The number of carbonyl (C=O) groups excluding carboxylic acids is 2. The Morgan fingerprint density at radius 1 is 1.26 bits per heavy atom. The van der Waals surface area contributed by atoms with Gasteiger partial charge in [-0.2, -0.15) is 0 Å². The van der Waals surface area contributed by atoms with Gasteiger partial charge in [-0.15, -0.1) is 0 Å². The van der Waals surface area contributed by atoms with Gasteiger partial charge in [0.05, 0.1) is 12.2 Å². The summed E-state index contributed by atoms with van der Waals surface area (Å²) in [6, 6.07) is 9.89. The van der Waals surface area contributed by atoms with Crippen LogP contribution in [-0.4, -0.2) is 18.4 Å². The molecule has 142 valence electrons. The van der Waals surface area contributed by atoms with Gasteiger partial charge in [0.1, 0.15) is 0 Å². The Kier molecular flexibility index (Phi) is 5.36. The molecule has 0 fully saturated rings. The van der Waals surface area contributed by atoms with Crippen LogP contribution >= 0.6 is 0 Å². The number of benzene rings is 1. The first-order valence-electron chi connectivity index (χ1n) is 9.47. The van der Waals surface area contributed by atoms with E-state index in [1.165, 1.54) is 0 Å². The van der Waals surface area contributed by atoms with Crippen molar-refractivity contribution in [2.24, 2.45) is 11.3 Å². The van der Waals surface area contributed by atoms with Gasteiger partial charge >= 0.3 is 5.97 Å². The summed E-state index contributed by atoms with van der Waals surface area (Å²) in [5, 5.41) is 3.33. The smallest absolute Gasteiger partial charge is 0.336 e. The van der Waals surface area contributed by atoms with E-state index in [1.807, 2.05) is 49.4 Å². The summed E-state index contributed by atoms with van der Waals surface area (Å²) < 4.78 is 5.29. The minimum Gasteiger partial charge on any atom is -0.463 e. The van der Waals surface area contributed by atoms with Crippen molar-refractivity contribution in [2.75, 3.05) is 6.61 Å². The average molecular weight is 365 g/mol. The quantitative estimate of drug-likeness (QED) is 0.804. The number of ketones is 1. The molecule has 0 saturated heterocycles. The minimum absolute atomic E-state index is 0.0850. The number of allylic oxidation sites excluding steroid dienone is 4. The van der Waals surface area contributed by atoms with Crippen LogP contribution in [0.25, 0.3) is 6.08 Å². The molecule has 2 aliphatic rings. The van der Waals surface area contributed by atoms with Crippen molar-refractivity contribution in [3.8, 4) is 0 Å². The number of Topliss-reactive ketones (excluding diaryl/α,β-unsaturated/α-hetero) is 1. The molecule has 0 spiro atoms. The van der Waals surface area contributed by atoms with Gasteiger partial charge in [0.15, 0.2) is 5.78 Å². The van der Waals surface area contributed by atoms with E-state index in [0.29, 0.717) is 24.2 Å². The Balaban J connectivity index is 2.06. The lowest BCUT2D eigenvalue weighted by Crippen LogP contribution is -2.39. The maximum Gasteiger partial charge on any atom is 0.336 e. The highest BCUT2D eigenvalue weighted by atomic mass is 16.5. The first-order valence-corrected chi connectivity index (χ1v) is 9.47. The van der Waals surface area contributed by atoms with Crippen molar-refractivity contribution in [2.45, 2.75) is 40.5 Å². The zero-order valence-corrected chi connectivity index (χ0v) is 16.5. The zero-order valence-electron chi connectivity index (χ0n) is 16.5. The number of hydrogen-bond acceptors (Lipinski definition) is 4. The zero-order chi connectivity index (χ0) is 19.6. The molecule has 3 rings (SSSR count). The van der Waals surface area contributed by atoms with Crippen molar-refractivity contribution < 1.29 is 14.3 Å². The first kappa shape index (κ1) is 19.2. The Morgan fingerprint density at radius 2 is 1.96 bits per heavy atom. The second-order valence-corrected chi connectivity index (χ2v) is 7.96. The van der Waals surface area contributed by atoms with Crippen LogP contribution in [0.1, 0.15) is 46.1 Å². The fourth-order valence-corrected chi connectivity index (χ4v) is 3.93. The van der Waals surface area contributed by atoms with Crippen molar-refractivity contribution in [1.29, 1.82) is 0 Å². The predicted molar refractivity (Wildman–Crippen MR) is 106 cm³/mol. The van der Waals surface area contributed by atoms with Gasteiger partial charge in [0.2, 0.25) is 0 Å². The second-order valence-electron chi connectivity index (χ2n) is 7.96.